The number of para-hydroxylation sites is 1. The van der Waals surface area contributed by atoms with E-state index in [9.17, 15) is 4.79 Å². The zero-order chi connectivity index (χ0) is 18.4. The molecule has 0 bridgehead atoms. The van der Waals surface area contributed by atoms with E-state index in [1.165, 1.54) is 5.56 Å². The van der Waals surface area contributed by atoms with Crippen molar-refractivity contribution in [1.82, 2.24) is 10.2 Å². The van der Waals surface area contributed by atoms with Crippen LogP contribution in [0.4, 0.5) is 5.69 Å². The number of hydrogen-bond donors (Lipinski definition) is 2. The molecule has 2 aromatic rings. The van der Waals surface area contributed by atoms with Crippen LogP contribution in [-0.4, -0.2) is 37.6 Å². The minimum atomic E-state index is -0.0798. The summed E-state index contributed by atoms with van der Waals surface area (Å²) >= 11 is 0. The van der Waals surface area contributed by atoms with Gasteiger partial charge in [0, 0.05) is 18.8 Å². The summed E-state index contributed by atoms with van der Waals surface area (Å²) in [6.07, 6.45) is 2.20. The molecule has 0 atom stereocenters. The normalized spacial score (nSPS) is 14.5. The Morgan fingerprint density at radius 1 is 1.11 bits per heavy atom. The van der Waals surface area contributed by atoms with Crippen molar-refractivity contribution in [2.75, 3.05) is 32.5 Å². The van der Waals surface area contributed by atoms with Crippen LogP contribution in [0.1, 0.15) is 28.8 Å². The fourth-order valence-electron chi connectivity index (χ4n) is 3.37. The van der Waals surface area contributed by atoms with Gasteiger partial charge in [-0.05, 0) is 61.7 Å². The summed E-state index contributed by atoms with van der Waals surface area (Å²) < 4.78 is 5.20. The van der Waals surface area contributed by atoms with Crippen LogP contribution in [0, 0.1) is 5.92 Å². The molecule has 3 rings (SSSR count). The first-order valence-electron chi connectivity index (χ1n) is 9.13. The zero-order valence-electron chi connectivity index (χ0n) is 16.1. The number of anilines is 1. The maximum Gasteiger partial charge on any atom is 0.253 e. The van der Waals surface area contributed by atoms with Gasteiger partial charge in [-0.15, -0.1) is 24.8 Å². The molecule has 0 radical (unpaired) electrons. The molecule has 5 nitrogen and oxygen atoms in total. The van der Waals surface area contributed by atoms with E-state index in [-0.39, 0.29) is 30.7 Å². The Hall–Kier alpha value is -1.95. The highest BCUT2D eigenvalue weighted by atomic mass is 35.5. The van der Waals surface area contributed by atoms with Crippen molar-refractivity contribution >= 4 is 36.4 Å². The molecular formula is C21H29Cl2N3O2. The van der Waals surface area contributed by atoms with E-state index in [1.807, 2.05) is 24.3 Å². The van der Waals surface area contributed by atoms with Gasteiger partial charge in [-0.1, -0.05) is 24.3 Å². The number of nitrogens with one attached hydrogen (secondary N) is 1. The van der Waals surface area contributed by atoms with Crippen LogP contribution < -0.4 is 15.8 Å². The molecule has 1 saturated heterocycles. The number of nitrogens with two attached hydrogens (primary N) is 1. The standard InChI is InChI=1S/C21H27N3O2.2ClH/c1-26-18-8-6-17(7-9-18)15-24-12-10-16(11-13-24)14-23-21(25)19-4-2-3-5-20(19)22;;/h2-9,16H,10-15,22H2,1H3,(H,23,25);2*1H. The van der Waals surface area contributed by atoms with Crippen LogP contribution in [-0.2, 0) is 6.54 Å². The minimum Gasteiger partial charge on any atom is -0.497 e. The Balaban J connectivity index is 0.00000196. The number of rotatable bonds is 6. The largest absolute Gasteiger partial charge is 0.497 e. The average Bonchev–Trinajstić information content (AvgIpc) is 2.68. The number of hydrogen-bond acceptors (Lipinski definition) is 4. The second-order valence-electron chi connectivity index (χ2n) is 6.86. The van der Waals surface area contributed by atoms with Gasteiger partial charge in [0.25, 0.3) is 5.91 Å². The average molecular weight is 426 g/mol. The first kappa shape index (κ1) is 24.1. The van der Waals surface area contributed by atoms with Gasteiger partial charge in [-0.25, -0.2) is 0 Å². The van der Waals surface area contributed by atoms with E-state index < -0.39 is 0 Å². The van der Waals surface area contributed by atoms with Crippen LogP contribution in [0.15, 0.2) is 48.5 Å². The van der Waals surface area contributed by atoms with Crippen LogP contribution in [0.5, 0.6) is 5.75 Å². The number of nitrogen functional groups attached to an aromatic ring is 1. The highest BCUT2D eigenvalue weighted by molar-refractivity contribution is 5.99. The smallest absolute Gasteiger partial charge is 0.253 e. The SMILES string of the molecule is COc1ccc(CN2CCC(CNC(=O)c3ccccc3N)CC2)cc1.Cl.Cl. The Morgan fingerprint density at radius 2 is 1.75 bits per heavy atom. The Kier molecular flexibility index (Phi) is 10.1. The van der Waals surface area contributed by atoms with Gasteiger partial charge in [0.05, 0.1) is 12.7 Å². The van der Waals surface area contributed by atoms with Gasteiger partial charge >= 0.3 is 0 Å². The predicted molar refractivity (Wildman–Crippen MR) is 119 cm³/mol. The fourth-order valence-corrected chi connectivity index (χ4v) is 3.37. The molecule has 0 saturated carbocycles. The number of likely N-dealkylation sites (tertiary alicyclic amines) is 1. The number of benzene rings is 2. The molecule has 0 aliphatic carbocycles. The van der Waals surface area contributed by atoms with E-state index in [4.69, 9.17) is 10.5 Å². The van der Waals surface area contributed by atoms with Gasteiger partial charge in [-0.3, -0.25) is 9.69 Å². The van der Waals surface area contributed by atoms with E-state index in [0.29, 0.717) is 23.7 Å². The summed E-state index contributed by atoms with van der Waals surface area (Å²) in [6.45, 7) is 3.78. The van der Waals surface area contributed by atoms with Crippen molar-refractivity contribution in [1.29, 1.82) is 0 Å². The molecule has 1 aliphatic heterocycles. The monoisotopic (exact) mass is 425 g/mol. The third kappa shape index (κ3) is 6.59. The van der Waals surface area contributed by atoms with Crippen molar-refractivity contribution in [3.63, 3.8) is 0 Å². The number of piperidine rings is 1. The van der Waals surface area contributed by atoms with Gasteiger partial charge < -0.3 is 15.8 Å². The molecule has 0 spiro atoms. The molecule has 0 unspecified atom stereocenters. The van der Waals surface area contributed by atoms with Crippen LogP contribution in [0.25, 0.3) is 0 Å². The van der Waals surface area contributed by atoms with E-state index >= 15 is 0 Å². The number of halogens is 2. The second kappa shape index (κ2) is 11.8. The lowest BCUT2D eigenvalue weighted by molar-refractivity contribution is 0.0936. The molecule has 2 aromatic carbocycles. The van der Waals surface area contributed by atoms with Gasteiger partial charge in [0.1, 0.15) is 5.75 Å². The highest BCUT2D eigenvalue weighted by Gasteiger charge is 2.20. The quantitative estimate of drug-likeness (QED) is 0.691. The van der Waals surface area contributed by atoms with E-state index in [1.54, 1.807) is 19.2 Å². The summed E-state index contributed by atoms with van der Waals surface area (Å²) in [6, 6.07) is 15.5. The third-order valence-corrected chi connectivity index (χ3v) is 5.03. The number of carbonyl (C=O) groups excluding carboxylic acids is 1. The predicted octanol–water partition coefficient (Wildman–Crippen LogP) is 3.76. The Bertz CT molecular complexity index is 733. The van der Waals surface area contributed by atoms with Crippen LogP contribution in [0.3, 0.4) is 0 Å². The topological polar surface area (TPSA) is 67.6 Å². The van der Waals surface area contributed by atoms with Crippen molar-refractivity contribution in [3.05, 3.63) is 59.7 Å². The molecule has 7 heteroatoms. The summed E-state index contributed by atoms with van der Waals surface area (Å²) in [7, 11) is 1.69. The molecule has 1 heterocycles. The maximum absolute atomic E-state index is 12.3. The maximum atomic E-state index is 12.3. The third-order valence-electron chi connectivity index (χ3n) is 5.03. The van der Waals surface area contributed by atoms with E-state index in [0.717, 1.165) is 38.2 Å². The molecule has 154 valence electrons. The molecule has 1 aliphatic rings. The molecule has 3 N–H and O–H groups in total. The number of amides is 1. The summed E-state index contributed by atoms with van der Waals surface area (Å²) in [5, 5.41) is 3.04. The van der Waals surface area contributed by atoms with Crippen LogP contribution >= 0.6 is 24.8 Å². The molecule has 28 heavy (non-hydrogen) atoms. The van der Waals surface area contributed by atoms with Crippen molar-refractivity contribution in [2.45, 2.75) is 19.4 Å². The Morgan fingerprint density at radius 3 is 2.36 bits per heavy atom. The number of carbonyl (C=O) groups is 1. The lowest BCUT2D eigenvalue weighted by Gasteiger charge is -2.32. The first-order chi connectivity index (χ1) is 12.7. The van der Waals surface area contributed by atoms with Crippen molar-refractivity contribution in [3.8, 4) is 5.75 Å². The number of ether oxygens (including phenoxy) is 1. The second-order valence-corrected chi connectivity index (χ2v) is 6.86. The van der Waals surface area contributed by atoms with Gasteiger partial charge in [-0.2, -0.15) is 0 Å². The van der Waals surface area contributed by atoms with Crippen molar-refractivity contribution in [2.24, 2.45) is 5.92 Å². The summed E-state index contributed by atoms with van der Waals surface area (Å²) in [5.74, 6) is 1.34. The zero-order valence-corrected chi connectivity index (χ0v) is 17.7. The molecule has 1 amide bonds. The molecular weight excluding hydrogens is 397 g/mol. The van der Waals surface area contributed by atoms with Gasteiger partial charge in [0.2, 0.25) is 0 Å². The minimum absolute atomic E-state index is 0. The first-order valence-corrected chi connectivity index (χ1v) is 9.13. The van der Waals surface area contributed by atoms with E-state index in [2.05, 4.69) is 22.3 Å². The Labute approximate surface area is 179 Å². The lowest BCUT2D eigenvalue weighted by atomic mass is 9.96. The molecule has 0 aromatic heterocycles. The fraction of sp³-hybridized carbons (Fsp3) is 0.381. The van der Waals surface area contributed by atoms with Crippen molar-refractivity contribution < 1.29 is 9.53 Å². The molecule has 1 fully saturated rings. The number of methoxy groups -OCH3 is 1. The summed E-state index contributed by atoms with van der Waals surface area (Å²) in [4.78, 5) is 14.7. The highest BCUT2D eigenvalue weighted by Crippen LogP contribution is 2.20. The number of nitrogens with zero attached hydrogens (tertiary/aromatic N) is 1. The lowest BCUT2D eigenvalue weighted by Crippen LogP contribution is -2.38. The summed E-state index contributed by atoms with van der Waals surface area (Å²) in [5.41, 5.74) is 8.25. The van der Waals surface area contributed by atoms with Crippen LogP contribution in [0.2, 0.25) is 0 Å². The van der Waals surface area contributed by atoms with Gasteiger partial charge in [0.15, 0.2) is 0 Å².